The van der Waals surface area contributed by atoms with Gasteiger partial charge in [0.25, 0.3) is 5.91 Å². The molecule has 1 atom stereocenters. The van der Waals surface area contributed by atoms with Crippen molar-refractivity contribution in [3.05, 3.63) is 52.2 Å². The molecule has 2 aromatic rings. The highest BCUT2D eigenvalue weighted by atomic mass is 32.2. The predicted octanol–water partition coefficient (Wildman–Crippen LogP) is 1.69. The molecule has 0 bridgehead atoms. The van der Waals surface area contributed by atoms with E-state index in [1.807, 2.05) is 17.5 Å². The molecule has 1 unspecified atom stereocenters. The maximum atomic E-state index is 12.4. The molecule has 6 nitrogen and oxygen atoms in total. The number of thiophene rings is 1. The highest BCUT2D eigenvalue weighted by molar-refractivity contribution is 7.89. The molecule has 1 aliphatic carbocycles. The fourth-order valence-electron chi connectivity index (χ4n) is 2.59. The summed E-state index contributed by atoms with van der Waals surface area (Å²) in [5, 5.41) is 4.79. The standard InChI is InChI=1S/C17H21N3O3S2/c18-10-16(12-6-7-12)20-17(21)13-3-1-5-15(9-13)25(22,23)19-11-14-4-2-8-24-14/h1-5,8-9,12,16,19H,6-7,10-11,18H2,(H,20,21). The fraction of sp³-hybridized carbons (Fsp3) is 0.353. The van der Waals surface area contributed by atoms with Crippen LogP contribution in [0.5, 0.6) is 0 Å². The Balaban J connectivity index is 1.70. The van der Waals surface area contributed by atoms with Crippen molar-refractivity contribution in [2.45, 2.75) is 30.3 Å². The summed E-state index contributed by atoms with van der Waals surface area (Å²) in [6.45, 7) is 0.615. The van der Waals surface area contributed by atoms with Crippen molar-refractivity contribution in [1.82, 2.24) is 10.0 Å². The Labute approximate surface area is 151 Å². The van der Waals surface area contributed by atoms with Gasteiger partial charge in [-0.3, -0.25) is 4.79 Å². The fourth-order valence-corrected chi connectivity index (χ4v) is 4.37. The van der Waals surface area contributed by atoms with E-state index in [1.165, 1.54) is 23.5 Å². The van der Waals surface area contributed by atoms with Crippen LogP contribution in [0.3, 0.4) is 0 Å². The molecule has 1 aromatic heterocycles. The molecular weight excluding hydrogens is 358 g/mol. The highest BCUT2D eigenvalue weighted by Gasteiger charge is 2.31. The largest absolute Gasteiger partial charge is 0.348 e. The molecule has 8 heteroatoms. The number of hydrogen-bond acceptors (Lipinski definition) is 5. The van der Waals surface area contributed by atoms with Crippen molar-refractivity contribution in [1.29, 1.82) is 0 Å². The minimum atomic E-state index is -3.68. The first kappa shape index (κ1) is 18.1. The summed E-state index contributed by atoms with van der Waals surface area (Å²) in [7, 11) is -3.68. The second kappa shape index (κ2) is 7.65. The minimum Gasteiger partial charge on any atom is -0.348 e. The number of carbonyl (C=O) groups is 1. The van der Waals surface area contributed by atoms with Gasteiger partial charge < -0.3 is 11.1 Å². The molecule has 134 valence electrons. The molecule has 3 rings (SSSR count). The molecule has 4 N–H and O–H groups in total. The van der Waals surface area contributed by atoms with Crippen LogP contribution >= 0.6 is 11.3 Å². The quantitative estimate of drug-likeness (QED) is 0.650. The summed E-state index contributed by atoms with van der Waals surface area (Å²) in [6, 6.07) is 9.73. The van der Waals surface area contributed by atoms with E-state index in [0.29, 0.717) is 18.0 Å². The second-order valence-corrected chi connectivity index (χ2v) is 8.88. The van der Waals surface area contributed by atoms with E-state index in [0.717, 1.165) is 17.7 Å². The number of rotatable bonds is 8. The van der Waals surface area contributed by atoms with Crippen molar-refractivity contribution in [2.75, 3.05) is 6.54 Å². The first-order valence-electron chi connectivity index (χ1n) is 8.12. The average molecular weight is 380 g/mol. The van der Waals surface area contributed by atoms with Crippen LogP contribution < -0.4 is 15.8 Å². The Morgan fingerprint density at radius 1 is 1.28 bits per heavy atom. The molecule has 0 spiro atoms. The minimum absolute atomic E-state index is 0.0512. The maximum absolute atomic E-state index is 12.4. The monoisotopic (exact) mass is 379 g/mol. The summed E-state index contributed by atoms with van der Waals surface area (Å²) in [5.41, 5.74) is 6.02. The molecule has 0 aliphatic heterocycles. The van der Waals surface area contributed by atoms with E-state index in [-0.39, 0.29) is 23.4 Å². The lowest BCUT2D eigenvalue weighted by Crippen LogP contribution is -2.41. The number of amides is 1. The third kappa shape index (κ3) is 4.66. The third-order valence-electron chi connectivity index (χ3n) is 4.18. The summed E-state index contributed by atoms with van der Waals surface area (Å²) >= 11 is 1.48. The Morgan fingerprint density at radius 2 is 2.08 bits per heavy atom. The summed E-state index contributed by atoms with van der Waals surface area (Å²) in [6.07, 6.45) is 2.15. The molecule has 1 aliphatic rings. The lowest BCUT2D eigenvalue weighted by Gasteiger charge is -2.16. The lowest BCUT2D eigenvalue weighted by molar-refractivity contribution is 0.0933. The average Bonchev–Trinajstić information content (AvgIpc) is 3.32. The number of sulfonamides is 1. The number of nitrogens with one attached hydrogen (secondary N) is 2. The molecular formula is C17H21N3O3S2. The summed E-state index contributed by atoms with van der Waals surface area (Å²) in [5.74, 6) is 0.144. The number of benzene rings is 1. The van der Waals surface area contributed by atoms with Crippen LogP contribution in [0, 0.1) is 5.92 Å². The van der Waals surface area contributed by atoms with Crippen LogP contribution in [0.2, 0.25) is 0 Å². The van der Waals surface area contributed by atoms with E-state index in [1.54, 1.807) is 12.1 Å². The molecule has 0 radical (unpaired) electrons. The maximum Gasteiger partial charge on any atom is 0.251 e. The van der Waals surface area contributed by atoms with Gasteiger partial charge in [0.1, 0.15) is 0 Å². The normalized spacial score (nSPS) is 15.7. The zero-order valence-corrected chi connectivity index (χ0v) is 15.3. The van der Waals surface area contributed by atoms with E-state index in [2.05, 4.69) is 10.0 Å². The smallest absolute Gasteiger partial charge is 0.251 e. The van der Waals surface area contributed by atoms with Crippen molar-refractivity contribution >= 4 is 27.3 Å². The van der Waals surface area contributed by atoms with Crippen molar-refractivity contribution in [3.8, 4) is 0 Å². The Kier molecular flexibility index (Phi) is 5.53. The Morgan fingerprint density at radius 3 is 2.72 bits per heavy atom. The molecule has 25 heavy (non-hydrogen) atoms. The molecule has 1 fully saturated rings. The topological polar surface area (TPSA) is 101 Å². The van der Waals surface area contributed by atoms with Gasteiger partial charge in [0.15, 0.2) is 0 Å². The first-order valence-corrected chi connectivity index (χ1v) is 10.5. The first-order chi connectivity index (χ1) is 12.0. The highest BCUT2D eigenvalue weighted by Crippen LogP contribution is 2.32. The number of hydrogen-bond donors (Lipinski definition) is 3. The summed E-state index contributed by atoms with van der Waals surface area (Å²) in [4.78, 5) is 13.4. The molecule has 0 saturated heterocycles. The van der Waals surface area contributed by atoms with Gasteiger partial charge in [-0.2, -0.15) is 0 Å². The molecule has 1 heterocycles. The van der Waals surface area contributed by atoms with Gasteiger partial charge in [-0.1, -0.05) is 12.1 Å². The van der Waals surface area contributed by atoms with E-state index in [4.69, 9.17) is 5.73 Å². The zero-order valence-electron chi connectivity index (χ0n) is 13.6. The summed E-state index contributed by atoms with van der Waals surface area (Å²) < 4.78 is 27.4. The Hall–Kier alpha value is -1.74. The lowest BCUT2D eigenvalue weighted by atomic mass is 10.1. The molecule has 1 aromatic carbocycles. The van der Waals surface area contributed by atoms with E-state index >= 15 is 0 Å². The molecule has 1 amide bonds. The third-order valence-corrected chi connectivity index (χ3v) is 6.46. The van der Waals surface area contributed by atoms with Gasteiger partial charge in [0, 0.05) is 29.6 Å². The zero-order chi connectivity index (χ0) is 17.9. The van der Waals surface area contributed by atoms with Crippen LogP contribution in [0.4, 0.5) is 0 Å². The number of carbonyl (C=O) groups excluding carboxylic acids is 1. The SMILES string of the molecule is NCC(NC(=O)c1cccc(S(=O)(=O)NCc2cccs2)c1)C1CC1. The van der Waals surface area contributed by atoms with Gasteiger partial charge in [-0.05, 0) is 48.4 Å². The second-order valence-electron chi connectivity index (χ2n) is 6.08. The van der Waals surface area contributed by atoms with Crippen molar-refractivity contribution in [3.63, 3.8) is 0 Å². The van der Waals surface area contributed by atoms with Crippen molar-refractivity contribution in [2.24, 2.45) is 11.7 Å². The number of nitrogens with two attached hydrogens (primary N) is 1. The van der Waals surface area contributed by atoms with E-state index in [9.17, 15) is 13.2 Å². The van der Waals surface area contributed by atoms with Gasteiger partial charge in [0.2, 0.25) is 10.0 Å². The van der Waals surface area contributed by atoms with Crippen molar-refractivity contribution < 1.29 is 13.2 Å². The predicted molar refractivity (Wildman–Crippen MR) is 97.8 cm³/mol. The van der Waals surface area contributed by atoms with Crippen LogP contribution in [0.15, 0.2) is 46.7 Å². The van der Waals surface area contributed by atoms with Crippen LogP contribution in [0.1, 0.15) is 28.1 Å². The van der Waals surface area contributed by atoms with Gasteiger partial charge in [0.05, 0.1) is 4.90 Å². The Bertz CT molecular complexity index is 831. The van der Waals surface area contributed by atoms with Crippen LogP contribution in [-0.2, 0) is 16.6 Å². The van der Waals surface area contributed by atoms with Gasteiger partial charge in [-0.25, -0.2) is 13.1 Å². The van der Waals surface area contributed by atoms with E-state index < -0.39 is 10.0 Å². The van der Waals surface area contributed by atoms with Gasteiger partial charge in [-0.15, -0.1) is 11.3 Å². The van der Waals surface area contributed by atoms with Gasteiger partial charge >= 0.3 is 0 Å². The van der Waals surface area contributed by atoms with Crippen LogP contribution in [-0.4, -0.2) is 26.9 Å². The van der Waals surface area contributed by atoms with Crippen LogP contribution in [0.25, 0.3) is 0 Å². The molecule has 1 saturated carbocycles.